The van der Waals surface area contributed by atoms with Gasteiger partial charge in [0.05, 0.1) is 20.6 Å². The third-order valence-electron chi connectivity index (χ3n) is 2.00. The predicted octanol–water partition coefficient (Wildman–Crippen LogP) is -0.0275. The lowest BCUT2D eigenvalue weighted by atomic mass is 10.2. The molecule has 0 aromatic carbocycles. The van der Waals surface area contributed by atoms with Crippen LogP contribution in [0, 0.1) is 0 Å². The number of methoxy groups -OCH3 is 2. The minimum absolute atomic E-state index is 0.413. The molecular formula is C10H12N2O6. The molecule has 0 fully saturated rings. The third kappa shape index (κ3) is 3.58. The van der Waals surface area contributed by atoms with Crippen molar-refractivity contribution in [1.82, 2.24) is 9.55 Å². The second-order valence-corrected chi connectivity index (χ2v) is 3.15. The first-order valence-electron chi connectivity index (χ1n) is 4.92. The molecule has 8 nitrogen and oxygen atoms in total. The monoisotopic (exact) mass is 256 g/mol. The molecule has 1 unspecified atom stereocenters. The van der Waals surface area contributed by atoms with E-state index in [0.717, 1.165) is 18.8 Å². The Morgan fingerprint density at radius 2 is 2.00 bits per heavy atom. The van der Waals surface area contributed by atoms with E-state index in [2.05, 4.69) is 14.5 Å². The van der Waals surface area contributed by atoms with E-state index in [1.54, 1.807) is 0 Å². The van der Waals surface area contributed by atoms with Gasteiger partial charge in [-0.3, -0.25) is 4.79 Å². The number of esters is 2. The number of nitrogens with zero attached hydrogens (tertiary/aromatic N) is 2. The maximum absolute atomic E-state index is 11.5. The van der Waals surface area contributed by atoms with Crippen molar-refractivity contribution in [2.75, 3.05) is 14.2 Å². The number of imidazole rings is 1. The van der Waals surface area contributed by atoms with E-state index in [1.807, 2.05) is 0 Å². The van der Waals surface area contributed by atoms with Crippen LogP contribution < -0.4 is 0 Å². The highest BCUT2D eigenvalue weighted by molar-refractivity contribution is 5.84. The Hall–Kier alpha value is -2.38. The Morgan fingerprint density at radius 3 is 2.50 bits per heavy atom. The van der Waals surface area contributed by atoms with Gasteiger partial charge in [0.1, 0.15) is 6.33 Å². The highest BCUT2D eigenvalue weighted by atomic mass is 16.6. The number of hydrogen-bond donors (Lipinski definition) is 0. The Balaban J connectivity index is 2.69. The lowest BCUT2D eigenvalue weighted by Crippen LogP contribution is -2.32. The molecule has 98 valence electrons. The molecule has 0 aliphatic rings. The lowest BCUT2D eigenvalue weighted by Gasteiger charge is -2.14. The van der Waals surface area contributed by atoms with Crippen molar-refractivity contribution in [3.8, 4) is 0 Å². The van der Waals surface area contributed by atoms with Gasteiger partial charge in [0.15, 0.2) is 0 Å². The molecule has 0 aliphatic carbocycles. The van der Waals surface area contributed by atoms with E-state index < -0.39 is 30.6 Å². The molecule has 0 saturated heterocycles. The van der Waals surface area contributed by atoms with Crippen LogP contribution in [0.5, 0.6) is 0 Å². The van der Waals surface area contributed by atoms with Crippen LogP contribution in [0.2, 0.25) is 0 Å². The largest absolute Gasteiger partial charge is 0.469 e. The van der Waals surface area contributed by atoms with Gasteiger partial charge >= 0.3 is 18.0 Å². The van der Waals surface area contributed by atoms with E-state index in [1.165, 1.54) is 18.7 Å². The average Bonchev–Trinajstić information content (AvgIpc) is 2.90. The van der Waals surface area contributed by atoms with Crippen molar-refractivity contribution >= 4 is 18.0 Å². The smallest absolute Gasteiger partial charge is 0.420 e. The summed E-state index contributed by atoms with van der Waals surface area (Å²) in [5.41, 5.74) is 0. The van der Waals surface area contributed by atoms with Crippen molar-refractivity contribution < 1.29 is 28.6 Å². The van der Waals surface area contributed by atoms with Crippen LogP contribution in [-0.4, -0.2) is 47.9 Å². The molecule has 0 bridgehead atoms. The first-order valence-corrected chi connectivity index (χ1v) is 4.92. The number of hydrogen-bond acceptors (Lipinski definition) is 7. The summed E-state index contributed by atoms with van der Waals surface area (Å²) < 4.78 is 14.7. The number of ether oxygens (including phenoxy) is 3. The van der Waals surface area contributed by atoms with E-state index in [4.69, 9.17) is 4.74 Å². The summed E-state index contributed by atoms with van der Waals surface area (Å²) in [5.74, 6) is -1.53. The molecule has 1 heterocycles. The van der Waals surface area contributed by atoms with E-state index >= 15 is 0 Å². The van der Waals surface area contributed by atoms with Crippen molar-refractivity contribution in [1.29, 1.82) is 0 Å². The molecule has 0 saturated carbocycles. The van der Waals surface area contributed by atoms with Gasteiger partial charge < -0.3 is 14.2 Å². The number of rotatable bonds is 4. The van der Waals surface area contributed by atoms with Gasteiger partial charge in [-0.15, -0.1) is 0 Å². The van der Waals surface area contributed by atoms with Crippen LogP contribution in [0.3, 0.4) is 0 Å². The minimum atomic E-state index is -1.35. The molecule has 1 rings (SSSR count). The van der Waals surface area contributed by atoms with Crippen LogP contribution in [-0.2, 0) is 23.8 Å². The van der Waals surface area contributed by atoms with E-state index in [0.29, 0.717) is 0 Å². The summed E-state index contributed by atoms with van der Waals surface area (Å²) >= 11 is 0. The zero-order chi connectivity index (χ0) is 13.5. The molecule has 18 heavy (non-hydrogen) atoms. The second kappa shape index (κ2) is 6.38. The first-order chi connectivity index (χ1) is 8.58. The summed E-state index contributed by atoms with van der Waals surface area (Å²) in [7, 11) is 2.28. The van der Waals surface area contributed by atoms with Crippen LogP contribution >= 0.6 is 0 Å². The third-order valence-corrected chi connectivity index (χ3v) is 2.00. The molecule has 0 spiro atoms. The zero-order valence-corrected chi connectivity index (χ0v) is 9.86. The standard InChI is InChI=1S/C10H12N2O6/c1-16-8(13)5-7(9(14)17-2)18-10(15)12-4-3-11-6-12/h3-4,6-7H,5H2,1-2H3. The van der Waals surface area contributed by atoms with Crippen molar-refractivity contribution in [2.45, 2.75) is 12.5 Å². The maximum atomic E-state index is 11.5. The van der Waals surface area contributed by atoms with Crippen molar-refractivity contribution in [3.05, 3.63) is 18.7 Å². The predicted molar refractivity (Wildman–Crippen MR) is 56.5 cm³/mol. The van der Waals surface area contributed by atoms with E-state index in [-0.39, 0.29) is 0 Å². The van der Waals surface area contributed by atoms with Gasteiger partial charge in [-0.1, -0.05) is 0 Å². The Labute approximate surface area is 102 Å². The van der Waals surface area contributed by atoms with Gasteiger partial charge in [-0.2, -0.15) is 0 Å². The van der Waals surface area contributed by atoms with Gasteiger partial charge in [-0.05, 0) is 0 Å². The SMILES string of the molecule is COC(=O)CC(OC(=O)n1ccnc1)C(=O)OC. The topological polar surface area (TPSA) is 96.7 Å². The Kier molecular flexibility index (Phi) is 4.85. The Bertz CT molecular complexity index is 428. The summed E-state index contributed by atoms with van der Waals surface area (Å²) in [6.45, 7) is 0. The van der Waals surface area contributed by atoms with Crippen LogP contribution in [0.1, 0.15) is 6.42 Å². The van der Waals surface area contributed by atoms with Crippen molar-refractivity contribution in [3.63, 3.8) is 0 Å². The molecular weight excluding hydrogens is 244 g/mol. The van der Waals surface area contributed by atoms with Crippen LogP contribution in [0.25, 0.3) is 0 Å². The number of carbonyl (C=O) groups excluding carboxylic acids is 3. The fraction of sp³-hybridized carbons (Fsp3) is 0.400. The maximum Gasteiger partial charge on any atom is 0.420 e. The van der Waals surface area contributed by atoms with E-state index in [9.17, 15) is 14.4 Å². The normalized spacial score (nSPS) is 11.4. The van der Waals surface area contributed by atoms with Gasteiger partial charge in [-0.25, -0.2) is 19.1 Å². The van der Waals surface area contributed by atoms with Gasteiger partial charge in [0, 0.05) is 12.4 Å². The summed E-state index contributed by atoms with van der Waals surface area (Å²) in [5, 5.41) is 0. The second-order valence-electron chi connectivity index (χ2n) is 3.15. The molecule has 0 radical (unpaired) electrons. The molecule has 0 aliphatic heterocycles. The minimum Gasteiger partial charge on any atom is -0.469 e. The first kappa shape index (κ1) is 13.7. The molecule has 0 amide bonds. The number of aromatic nitrogens is 2. The molecule has 1 atom stereocenters. The quantitative estimate of drug-likeness (QED) is 0.551. The van der Waals surface area contributed by atoms with Gasteiger partial charge in [0.2, 0.25) is 6.10 Å². The zero-order valence-electron chi connectivity index (χ0n) is 9.86. The molecule has 0 N–H and O–H groups in total. The summed E-state index contributed by atoms with van der Waals surface area (Å²) in [6, 6.07) is 0. The molecule has 1 aromatic rings. The number of carbonyl (C=O) groups is 3. The fourth-order valence-electron chi connectivity index (χ4n) is 1.09. The Morgan fingerprint density at radius 1 is 1.28 bits per heavy atom. The molecule has 1 aromatic heterocycles. The lowest BCUT2D eigenvalue weighted by molar-refractivity contribution is -0.156. The average molecular weight is 256 g/mol. The summed E-state index contributed by atoms with van der Waals surface area (Å²) in [4.78, 5) is 37.6. The highest BCUT2D eigenvalue weighted by Gasteiger charge is 2.27. The summed E-state index contributed by atoms with van der Waals surface area (Å²) in [6.07, 6.45) is 1.31. The van der Waals surface area contributed by atoms with Crippen molar-refractivity contribution in [2.24, 2.45) is 0 Å². The van der Waals surface area contributed by atoms with Crippen LogP contribution in [0.15, 0.2) is 18.7 Å². The van der Waals surface area contributed by atoms with Crippen LogP contribution in [0.4, 0.5) is 4.79 Å². The highest BCUT2D eigenvalue weighted by Crippen LogP contribution is 2.05. The molecule has 8 heteroatoms. The van der Waals surface area contributed by atoms with Gasteiger partial charge in [0.25, 0.3) is 0 Å². The fourth-order valence-corrected chi connectivity index (χ4v) is 1.09.